The Bertz CT molecular complexity index is 115. The van der Waals surface area contributed by atoms with Gasteiger partial charge in [0, 0.05) is 19.2 Å². The monoisotopic (exact) mass is 189 g/mol. The summed E-state index contributed by atoms with van der Waals surface area (Å²) in [6.45, 7) is 3.34. The topological polar surface area (TPSA) is 32.3 Å². The second-order valence-electron chi connectivity index (χ2n) is 3.58. The first-order valence-corrected chi connectivity index (χ1v) is 5.90. The van der Waals surface area contributed by atoms with Crippen molar-refractivity contribution in [3.8, 4) is 0 Å². The van der Waals surface area contributed by atoms with E-state index in [0.29, 0.717) is 18.6 Å². The Morgan fingerprint density at radius 3 is 2.75 bits per heavy atom. The van der Waals surface area contributed by atoms with E-state index in [2.05, 4.69) is 12.2 Å². The molecule has 1 aliphatic heterocycles. The highest BCUT2D eigenvalue weighted by Gasteiger charge is 2.13. The molecule has 1 rings (SSSR count). The van der Waals surface area contributed by atoms with Gasteiger partial charge in [-0.2, -0.15) is 11.8 Å². The van der Waals surface area contributed by atoms with E-state index < -0.39 is 0 Å². The first kappa shape index (κ1) is 10.4. The van der Waals surface area contributed by atoms with E-state index in [0.717, 1.165) is 6.54 Å². The molecule has 1 unspecified atom stereocenters. The molecule has 0 aromatic carbocycles. The number of nitrogens with one attached hydrogen (secondary N) is 1. The molecule has 1 aliphatic rings. The lowest BCUT2D eigenvalue weighted by atomic mass is 10.1. The van der Waals surface area contributed by atoms with Crippen molar-refractivity contribution in [2.75, 3.05) is 24.7 Å². The molecule has 1 heterocycles. The van der Waals surface area contributed by atoms with Crippen molar-refractivity contribution in [1.82, 2.24) is 5.32 Å². The average Bonchev–Trinajstić information content (AvgIpc) is 2.16. The minimum Gasteiger partial charge on any atom is -0.396 e. The first-order chi connectivity index (χ1) is 5.83. The zero-order valence-electron chi connectivity index (χ0n) is 7.75. The highest BCUT2D eigenvalue weighted by atomic mass is 32.2. The van der Waals surface area contributed by atoms with E-state index in [4.69, 9.17) is 5.11 Å². The molecular formula is C9H19NOS. The maximum absolute atomic E-state index is 8.82. The zero-order chi connectivity index (χ0) is 8.81. The van der Waals surface area contributed by atoms with Crippen molar-refractivity contribution < 1.29 is 5.11 Å². The summed E-state index contributed by atoms with van der Waals surface area (Å²) in [6.07, 6.45) is 2.59. The van der Waals surface area contributed by atoms with Gasteiger partial charge in [-0.3, -0.25) is 0 Å². The van der Waals surface area contributed by atoms with E-state index in [1.807, 2.05) is 11.8 Å². The lowest BCUT2D eigenvalue weighted by Crippen LogP contribution is -2.36. The molecule has 0 amide bonds. The SMILES string of the molecule is CC(CO)CNC1CCSCC1. The third-order valence-electron chi connectivity index (χ3n) is 2.29. The molecule has 0 aromatic heterocycles. The zero-order valence-corrected chi connectivity index (χ0v) is 8.57. The Kier molecular flexibility index (Phi) is 5.04. The van der Waals surface area contributed by atoms with Gasteiger partial charge in [-0.25, -0.2) is 0 Å². The molecule has 1 fully saturated rings. The molecule has 1 saturated heterocycles. The van der Waals surface area contributed by atoms with Gasteiger partial charge >= 0.3 is 0 Å². The van der Waals surface area contributed by atoms with Crippen LogP contribution in [0.4, 0.5) is 0 Å². The summed E-state index contributed by atoms with van der Waals surface area (Å²) >= 11 is 2.05. The van der Waals surface area contributed by atoms with Crippen LogP contribution < -0.4 is 5.32 Å². The molecule has 0 aliphatic carbocycles. The second kappa shape index (κ2) is 5.84. The number of rotatable bonds is 4. The Balaban J connectivity index is 2.05. The van der Waals surface area contributed by atoms with Gasteiger partial charge in [0.2, 0.25) is 0 Å². The van der Waals surface area contributed by atoms with Gasteiger partial charge in [-0.15, -0.1) is 0 Å². The van der Waals surface area contributed by atoms with Crippen LogP contribution in [0.5, 0.6) is 0 Å². The molecule has 2 nitrogen and oxygen atoms in total. The Labute approximate surface area is 79.1 Å². The summed E-state index contributed by atoms with van der Waals surface area (Å²) in [5.74, 6) is 3.00. The minimum absolute atomic E-state index is 0.300. The lowest BCUT2D eigenvalue weighted by molar-refractivity contribution is 0.229. The molecular weight excluding hydrogens is 170 g/mol. The molecule has 0 bridgehead atoms. The fraction of sp³-hybridized carbons (Fsp3) is 1.00. The van der Waals surface area contributed by atoms with Crippen molar-refractivity contribution in [2.24, 2.45) is 5.92 Å². The molecule has 0 aromatic rings. The predicted molar refractivity (Wildman–Crippen MR) is 54.6 cm³/mol. The number of hydrogen-bond donors (Lipinski definition) is 2. The summed E-state index contributed by atoms with van der Waals surface area (Å²) in [5, 5.41) is 12.3. The smallest absolute Gasteiger partial charge is 0.0468 e. The summed E-state index contributed by atoms with van der Waals surface area (Å²) in [6, 6.07) is 0.709. The fourth-order valence-corrected chi connectivity index (χ4v) is 2.44. The molecule has 72 valence electrons. The van der Waals surface area contributed by atoms with Crippen LogP contribution in [0.2, 0.25) is 0 Å². The lowest BCUT2D eigenvalue weighted by Gasteiger charge is -2.23. The highest BCUT2D eigenvalue weighted by molar-refractivity contribution is 7.99. The fourth-order valence-electron chi connectivity index (χ4n) is 1.33. The van der Waals surface area contributed by atoms with E-state index in [1.165, 1.54) is 24.3 Å². The van der Waals surface area contributed by atoms with Crippen LogP contribution in [-0.4, -0.2) is 35.8 Å². The summed E-state index contributed by atoms with van der Waals surface area (Å²) < 4.78 is 0. The average molecular weight is 189 g/mol. The second-order valence-corrected chi connectivity index (χ2v) is 4.81. The number of aliphatic hydroxyl groups excluding tert-OH is 1. The Morgan fingerprint density at radius 1 is 1.50 bits per heavy atom. The van der Waals surface area contributed by atoms with Gasteiger partial charge in [0.15, 0.2) is 0 Å². The summed E-state index contributed by atoms with van der Waals surface area (Å²) in [4.78, 5) is 0. The number of aliphatic hydroxyl groups is 1. The van der Waals surface area contributed by atoms with Crippen molar-refractivity contribution >= 4 is 11.8 Å². The van der Waals surface area contributed by atoms with E-state index in [-0.39, 0.29) is 0 Å². The number of thioether (sulfide) groups is 1. The van der Waals surface area contributed by atoms with E-state index in [9.17, 15) is 0 Å². The maximum atomic E-state index is 8.82. The summed E-state index contributed by atoms with van der Waals surface area (Å²) in [7, 11) is 0. The van der Waals surface area contributed by atoms with Gasteiger partial charge in [-0.05, 0) is 30.3 Å². The van der Waals surface area contributed by atoms with Gasteiger partial charge in [0.1, 0.15) is 0 Å². The Hall–Kier alpha value is 0.270. The van der Waals surface area contributed by atoms with Crippen molar-refractivity contribution in [1.29, 1.82) is 0 Å². The van der Waals surface area contributed by atoms with Crippen LogP contribution in [0.15, 0.2) is 0 Å². The molecule has 3 heteroatoms. The molecule has 12 heavy (non-hydrogen) atoms. The molecule has 1 atom stereocenters. The first-order valence-electron chi connectivity index (χ1n) is 4.75. The molecule has 0 spiro atoms. The van der Waals surface area contributed by atoms with Crippen molar-refractivity contribution in [2.45, 2.75) is 25.8 Å². The van der Waals surface area contributed by atoms with Crippen LogP contribution in [-0.2, 0) is 0 Å². The van der Waals surface area contributed by atoms with Crippen LogP contribution >= 0.6 is 11.8 Å². The van der Waals surface area contributed by atoms with Crippen LogP contribution in [0.25, 0.3) is 0 Å². The van der Waals surface area contributed by atoms with Crippen molar-refractivity contribution in [3.05, 3.63) is 0 Å². The van der Waals surface area contributed by atoms with Gasteiger partial charge in [-0.1, -0.05) is 6.92 Å². The summed E-state index contributed by atoms with van der Waals surface area (Å²) in [5.41, 5.74) is 0. The standard InChI is InChI=1S/C9H19NOS/c1-8(7-11)6-10-9-2-4-12-5-3-9/h8-11H,2-7H2,1H3. The van der Waals surface area contributed by atoms with Gasteiger partial charge in [0.25, 0.3) is 0 Å². The Morgan fingerprint density at radius 2 is 2.17 bits per heavy atom. The third kappa shape index (κ3) is 3.78. The van der Waals surface area contributed by atoms with Crippen molar-refractivity contribution in [3.63, 3.8) is 0 Å². The normalized spacial score (nSPS) is 22.5. The maximum Gasteiger partial charge on any atom is 0.0468 e. The molecule has 0 saturated carbocycles. The predicted octanol–water partition coefficient (Wildman–Crippen LogP) is 1.10. The molecule has 0 radical (unpaired) electrons. The number of hydrogen-bond acceptors (Lipinski definition) is 3. The minimum atomic E-state index is 0.300. The van der Waals surface area contributed by atoms with Crippen LogP contribution in [0.1, 0.15) is 19.8 Å². The van der Waals surface area contributed by atoms with Gasteiger partial charge in [0.05, 0.1) is 0 Å². The quantitative estimate of drug-likeness (QED) is 0.694. The van der Waals surface area contributed by atoms with E-state index >= 15 is 0 Å². The van der Waals surface area contributed by atoms with Crippen LogP contribution in [0, 0.1) is 5.92 Å². The molecule has 2 N–H and O–H groups in total. The highest BCUT2D eigenvalue weighted by Crippen LogP contribution is 2.16. The largest absolute Gasteiger partial charge is 0.396 e. The van der Waals surface area contributed by atoms with Crippen LogP contribution in [0.3, 0.4) is 0 Å². The van der Waals surface area contributed by atoms with E-state index in [1.54, 1.807) is 0 Å². The van der Waals surface area contributed by atoms with Gasteiger partial charge < -0.3 is 10.4 Å². The third-order valence-corrected chi connectivity index (χ3v) is 3.34.